The monoisotopic (exact) mass is 781 g/mol. The van der Waals surface area contributed by atoms with E-state index in [2.05, 4.69) is 16.8 Å². The maximum Gasteiger partial charge on any atom is 0.316 e. The molecule has 3 aliphatic heterocycles. The smallest absolute Gasteiger partial charge is 0.316 e. The summed E-state index contributed by atoms with van der Waals surface area (Å²) in [7, 11) is 3.75. The molecule has 4 N–H and O–H groups in total. The average Bonchev–Trinajstić information content (AvgIpc) is 3.14. The van der Waals surface area contributed by atoms with Crippen molar-refractivity contribution in [2.45, 2.75) is 136 Å². The second-order valence-electron chi connectivity index (χ2n) is 16.6. The number of nitrogen functional groups attached to an aromatic ring is 1. The Morgan fingerprint density at radius 3 is 2.36 bits per heavy atom. The van der Waals surface area contributed by atoms with E-state index in [1.807, 2.05) is 58.8 Å². The second kappa shape index (κ2) is 18.9. The van der Waals surface area contributed by atoms with Gasteiger partial charge in [0.25, 0.3) is 0 Å². The number of cyclic esters (lactones) is 1. The van der Waals surface area contributed by atoms with Crippen molar-refractivity contribution in [1.29, 1.82) is 0 Å². The Bertz CT molecular complexity index is 1680. The van der Waals surface area contributed by atoms with Crippen LogP contribution < -0.4 is 5.73 Å². The van der Waals surface area contributed by atoms with Gasteiger partial charge >= 0.3 is 5.97 Å². The Hall–Kier alpha value is -3.48. The number of carbonyl (C=O) groups is 3. The third kappa shape index (κ3) is 10.5. The fourth-order valence-electron chi connectivity index (χ4n) is 8.44. The summed E-state index contributed by atoms with van der Waals surface area (Å²) in [6.07, 6.45) is -3.15. The fraction of sp³-hybridized carbons (Fsp3) is 0.674. The summed E-state index contributed by atoms with van der Waals surface area (Å²) in [6.45, 7) is 15.2. The Morgan fingerprint density at radius 1 is 1.09 bits per heavy atom. The predicted molar refractivity (Wildman–Crippen MR) is 212 cm³/mol. The number of esters is 1. The van der Waals surface area contributed by atoms with Crippen LogP contribution in [0.4, 0.5) is 5.69 Å². The number of anilines is 1. The van der Waals surface area contributed by atoms with E-state index in [0.29, 0.717) is 23.4 Å². The quantitative estimate of drug-likeness (QED) is 0.173. The summed E-state index contributed by atoms with van der Waals surface area (Å²) in [4.78, 5) is 47.5. The number of likely N-dealkylation sites (N-methyl/N-ethyl adjacent to an activating group) is 1. The second-order valence-corrected chi connectivity index (χ2v) is 16.6. The number of aliphatic hydroxyl groups is 2. The van der Waals surface area contributed by atoms with E-state index in [-0.39, 0.29) is 38.2 Å². The molecule has 13 nitrogen and oxygen atoms in total. The van der Waals surface area contributed by atoms with Crippen LogP contribution in [-0.2, 0) is 38.1 Å². The third-order valence-corrected chi connectivity index (χ3v) is 11.6. The molecule has 13 heteroatoms. The first-order valence-corrected chi connectivity index (χ1v) is 19.7. The van der Waals surface area contributed by atoms with Crippen molar-refractivity contribution in [2.24, 2.45) is 28.7 Å². The number of hydrogen-bond donors (Lipinski definition) is 3. The Balaban J connectivity index is 1.98. The van der Waals surface area contributed by atoms with Gasteiger partial charge in [0.05, 0.1) is 37.1 Å². The number of fused-ring (bicyclic) bond motifs is 5. The molecule has 3 aliphatic rings. The minimum atomic E-state index is -1.81. The summed E-state index contributed by atoms with van der Waals surface area (Å²) in [5.74, 6) is 1.08. The zero-order valence-corrected chi connectivity index (χ0v) is 34.9. The number of amides is 1. The molecule has 0 saturated carbocycles. The zero-order valence-electron chi connectivity index (χ0n) is 34.9. The largest absolute Gasteiger partial charge is 0.459 e. The highest BCUT2D eigenvalue weighted by atomic mass is 16.7. The molecule has 0 aliphatic carbocycles. The van der Waals surface area contributed by atoms with Gasteiger partial charge in [-0.1, -0.05) is 39.5 Å². The van der Waals surface area contributed by atoms with Gasteiger partial charge in [-0.3, -0.25) is 14.4 Å². The molecule has 3 heterocycles. The number of nitrogens with two attached hydrogens (primary N) is 1. The molecule has 2 bridgehead atoms. The molecule has 0 radical (unpaired) electrons. The Morgan fingerprint density at radius 2 is 1.75 bits per heavy atom. The highest BCUT2D eigenvalue weighted by Crippen LogP contribution is 2.40. The van der Waals surface area contributed by atoms with Gasteiger partial charge in [-0.2, -0.15) is 0 Å². The number of aliphatic imine (C=N–C) groups is 1. The molecule has 0 aromatic heterocycles. The van der Waals surface area contributed by atoms with Crippen molar-refractivity contribution in [2.75, 3.05) is 33.0 Å². The van der Waals surface area contributed by atoms with Gasteiger partial charge in [0.2, 0.25) is 5.91 Å². The van der Waals surface area contributed by atoms with Gasteiger partial charge in [-0.15, -0.1) is 0 Å². The number of carbonyl (C=O) groups excluding carboxylic acids is 3. The standard InChI is InChI=1S/C43H63N3O10/c1-12-34-43(9,51)39-26(4)35(45-29(7)47)24(2)21-42(8,53-23-31(22-52-39)15-13-14-30-16-18-32(44)19-17-30)38(27(5)36(48)28(6)40(50)55-34)56-41-37(49)33(46(10)11)20-25(3)54-41/h15-19,24-28,33-34,37-39,41,49,51H,12,20-23,44H2,1-11H3/b31-15-,45-35?/t24?,25-,26?,27+,28-,33+,34-,37?,38?,39?,41+,42-,43-/m1/s1. The van der Waals surface area contributed by atoms with Crippen LogP contribution in [0.2, 0.25) is 0 Å². The lowest BCUT2D eigenvalue weighted by Crippen LogP contribution is -2.60. The van der Waals surface area contributed by atoms with Crippen LogP contribution in [0.15, 0.2) is 40.9 Å². The predicted octanol–water partition coefficient (Wildman–Crippen LogP) is 4.11. The number of ether oxygens (including phenoxy) is 5. The number of benzene rings is 1. The van der Waals surface area contributed by atoms with Crippen molar-refractivity contribution in [3.63, 3.8) is 0 Å². The van der Waals surface area contributed by atoms with E-state index in [4.69, 9.17) is 29.4 Å². The van der Waals surface area contributed by atoms with Gasteiger partial charge in [-0.25, -0.2) is 4.99 Å². The van der Waals surface area contributed by atoms with Crippen molar-refractivity contribution in [1.82, 2.24) is 4.90 Å². The van der Waals surface area contributed by atoms with Crippen LogP contribution in [0.5, 0.6) is 0 Å². The minimum absolute atomic E-state index is 0.0319. The first kappa shape index (κ1) is 45.2. The third-order valence-electron chi connectivity index (χ3n) is 11.6. The molecule has 0 spiro atoms. The molecule has 1 amide bonds. The molecule has 1 aromatic rings. The molecule has 13 atom stereocenters. The summed E-state index contributed by atoms with van der Waals surface area (Å²) in [6, 6.07) is 6.84. The topological polar surface area (TPSA) is 179 Å². The summed E-state index contributed by atoms with van der Waals surface area (Å²) in [5.41, 5.74) is 5.12. The van der Waals surface area contributed by atoms with Crippen LogP contribution in [0, 0.1) is 35.5 Å². The summed E-state index contributed by atoms with van der Waals surface area (Å²) >= 11 is 0. The van der Waals surface area contributed by atoms with Crippen LogP contribution in [-0.4, -0.2) is 120 Å². The van der Waals surface area contributed by atoms with Crippen LogP contribution in [0.3, 0.4) is 0 Å². The highest BCUT2D eigenvalue weighted by molar-refractivity contribution is 6.00. The molecular formula is C43H63N3O10. The van der Waals surface area contributed by atoms with Gasteiger partial charge in [0.15, 0.2) is 12.1 Å². The number of hydrogen-bond acceptors (Lipinski definition) is 12. The lowest BCUT2D eigenvalue weighted by Gasteiger charge is -2.47. The van der Waals surface area contributed by atoms with Crippen molar-refractivity contribution in [3.8, 4) is 11.8 Å². The van der Waals surface area contributed by atoms with Crippen molar-refractivity contribution >= 4 is 29.1 Å². The number of nitrogens with zero attached hydrogens (tertiary/aromatic N) is 2. The molecule has 5 unspecified atom stereocenters. The number of rotatable bonds is 4. The fourth-order valence-corrected chi connectivity index (χ4v) is 8.44. The minimum Gasteiger partial charge on any atom is -0.459 e. The maximum atomic E-state index is 14.5. The average molecular weight is 782 g/mol. The number of allylic oxidation sites excluding steroid dienone is 1. The van der Waals surface area contributed by atoms with Crippen LogP contribution >= 0.6 is 0 Å². The molecule has 3 saturated heterocycles. The Labute approximate surface area is 332 Å². The Kier molecular flexibility index (Phi) is 15.2. The zero-order chi connectivity index (χ0) is 41.7. The highest BCUT2D eigenvalue weighted by Gasteiger charge is 2.53. The van der Waals surface area contributed by atoms with Gasteiger partial charge in [0, 0.05) is 41.8 Å². The van der Waals surface area contributed by atoms with Crippen LogP contribution in [0.25, 0.3) is 0 Å². The van der Waals surface area contributed by atoms with E-state index in [1.165, 1.54) is 13.8 Å². The van der Waals surface area contributed by atoms with Crippen LogP contribution in [0.1, 0.15) is 87.1 Å². The molecule has 1 aromatic carbocycles. The van der Waals surface area contributed by atoms with E-state index < -0.39 is 83.2 Å². The van der Waals surface area contributed by atoms with E-state index in [9.17, 15) is 24.6 Å². The van der Waals surface area contributed by atoms with Gasteiger partial charge in [-0.05, 0) is 103 Å². The number of ketones is 1. The van der Waals surface area contributed by atoms with Crippen molar-refractivity contribution < 1.29 is 48.3 Å². The molecular weight excluding hydrogens is 718 g/mol. The first-order valence-electron chi connectivity index (χ1n) is 19.7. The number of aliphatic hydroxyl groups excluding tert-OH is 1. The molecule has 3 fully saturated rings. The van der Waals surface area contributed by atoms with Gasteiger partial charge in [0.1, 0.15) is 23.7 Å². The summed E-state index contributed by atoms with van der Waals surface area (Å²) in [5, 5.41) is 24.0. The van der Waals surface area contributed by atoms with Crippen molar-refractivity contribution in [3.05, 3.63) is 41.5 Å². The number of Topliss-reactive ketones (excluding diaryl/α,β-unsaturated/α-hetero) is 1. The van der Waals surface area contributed by atoms with E-state index in [0.717, 1.165) is 5.56 Å². The van der Waals surface area contributed by atoms with E-state index >= 15 is 0 Å². The first-order chi connectivity index (χ1) is 26.2. The normalized spacial score (nSPS) is 39.2. The van der Waals surface area contributed by atoms with E-state index in [1.54, 1.807) is 39.0 Å². The lowest BCUT2D eigenvalue weighted by atomic mass is 9.73. The maximum absolute atomic E-state index is 14.5. The molecule has 4 rings (SSSR count). The molecule has 310 valence electrons. The van der Waals surface area contributed by atoms with Gasteiger partial charge < -0.3 is 44.5 Å². The summed E-state index contributed by atoms with van der Waals surface area (Å²) < 4.78 is 32.5. The lowest BCUT2D eigenvalue weighted by molar-refractivity contribution is -0.296. The molecule has 56 heavy (non-hydrogen) atoms. The SMILES string of the molecule is CC[C@H]1OC(=O)[C@H](C)C(=O)[C@H](C)C(O[C@@H]2O[C@H](C)C[C@H](N(C)C)C2O)[C@@]2(C)CC(C)C(=NC(C)=O)C(C)C(OC/C(=C/C#Cc3ccc(N)cc3)CO2)[C@]1(C)O.